The van der Waals surface area contributed by atoms with Crippen molar-refractivity contribution in [3.63, 3.8) is 0 Å². The van der Waals surface area contributed by atoms with Gasteiger partial charge in [0, 0.05) is 12.1 Å². The van der Waals surface area contributed by atoms with Gasteiger partial charge in [-0.3, -0.25) is 4.79 Å². The lowest BCUT2D eigenvalue weighted by Gasteiger charge is -2.09. The minimum absolute atomic E-state index is 0.237. The average molecular weight is 290 g/mol. The van der Waals surface area contributed by atoms with Crippen LogP contribution in [0, 0.1) is 26.6 Å². The Morgan fingerprint density at radius 3 is 2.67 bits per heavy atom. The summed E-state index contributed by atoms with van der Waals surface area (Å²) >= 11 is 0. The van der Waals surface area contributed by atoms with Crippen LogP contribution in [0.4, 0.5) is 4.39 Å². The number of hydrogen-bond acceptors (Lipinski definition) is 3. The Labute approximate surface area is 123 Å². The van der Waals surface area contributed by atoms with E-state index in [0.29, 0.717) is 12.8 Å². The molecule has 112 valence electrons. The molecular weight excluding hydrogens is 271 g/mol. The van der Waals surface area contributed by atoms with Gasteiger partial charge in [-0.05, 0) is 56.5 Å². The van der Waals surface area contributed by atoms with Crippen molar-refractivity contribution < 1.29 is 13.9 Å². The third-order valence-corrected chi connectivity index (χ3v) is 3.63. The third kappa shape index (κ3) is 3.12. The molecule has 4 nitrogen and oxygen atoms in total. The molecule has 0 bridgehead atoms. The van der Waals surface area contributed by atoms with E-state index in [0.717, 1.165) is 28.2 Å². The molecule has 0 spiro atoms. The van der Waals surface area contributed by atoms with Gasteiger partial charge in [0.05, 0.1) is 18.5 Å². The van der Waals surface area contributed by atoms with E-state index in [1.807, 2.05) is 20.8 Å². The second kappa shape index (κ2) is 6.08. The quantitative estimate of drug-likeness (QED) is 0.813. The van der Waals surface area contributed by atoms with E-state index in [9.17, 15) is 9.18 Å². The number of methoxy groups -OCH3 is 1. The number of carbonyl (C=O) groups excluding carboxylic acids is 1. The predicted molar refractivity (Wildman–Crippen MR) is 78.1 cm³/mol. The smallest absolute Gasteiger partial charge is 0.305 e. The molecule has 0 saturated heterocycles. The van der Waals surface area contributed by atoms with Crippen molar-refractivity contribution in [3.8, 4) is 5.69 Å². The van der Waals surface area contributed by atoms with E-state index in [-0.39, 0.29) is 11.8 Å². The van der Waals surface area contributed by atoms with Crippen molar-refractivity contribution >= 4 is 5.97 Å². The fourth-order valence-corrected chi connectivity index (χ4v) is 2.46. The van der Waals surface area contributed by atoms with Crippen molar-refractivity contribution in [1.82, 2.24) is 9.78 Å². The van der Waals surface area contributed by atoms with Crippen molar-refractivity contribution in [1.29, 1.82) is 0 Å². The van der Waals surface area contributed by atoms with Crippen LogP contribution in [0.2, 0.25) is 0 Å². The zero-order valence-electron chi connectivity index (χ0n) is 12.7. The fourth-order valence-electron chi connectivity index (χ4n) is 2.46. The Morgan fingerprint density at radius 1 is 1.33 bits per heavy atom. The number of aromatic nitrogens is 2. The van der Waals surface area contributed by atoms with Crippen molar-refractivity contribution in [2.75, 3.05) is 7.11 Å². The van der Waals surface area contributed by atoms with Gasteiger partial charge in [-0.1, -0.05) is 0 Å². The molecule has 0 aliphatic rings. The van der Waals surface area contributed by atoms with Crippen LogP contribution in [0.25, 0.3) is 5.69 Å². The summed E-state index contributed by atoms with van der Waals surface area (Å²) in [5.41, 5.74) is 4.54. The molecule has 2 aromatic rings. The monoisotopic (exact) mass is 290 g/mol. The second-order valence-corrected chi connectivity index (χ2v) is 5.07. The largest absolute Gasteiger partial charge is 0.469 e. The number of esters is 1. The first kappa shape index (κ1) is 15.2. The summed E-state index contributed by atoms with van der Waals surface area (Å²) in [7, 11) is 1.38. The first-order chi connectivity index (χ1) is 9.93. The molecule has 0 radical (unpaired) electrons. The summed E-state index contributed by atoms with van der Waals surface area (Å²) in [6.07, 6.45) is 0.914. The lowest BCUT2D eigenvalue weighted by atomic mass is 10.1. The predicted octanol–water partition coefficient (Wildman–Crippen LogP) is 3.04. The number of ether oxygens (including phenoxy) is 1. The van der Waals surface area contributed by atoms with E-state index in [1.165, 1.54) is 19.2 Å². The molecule has 0 amide bonds. The Hall–Kier alpha value is -2.17. The minimum Gasteiger partial charge on any atom is -0.469 e. The SMILES string of the molecule is COC(=O)CCc1c(C)nn(-c2ccc(F)cc2C)c1C. The molecular formula is C16H19FN2O2. The maximum atomic E-state index is 13.2. The first-order valence-electron chi connectivity index (χ1n) is 6.82. The summed E-state index contributed by atoms with van der Waals surface area (Å²) in [6.45, 7) is 5.72. The lowest BCUT2D eigenvalue weighted by molar-refractivity contribution is -0.140. The summed E-state index contributed by atoms with van der Waals surface area (Å²) in [5, 5.41) is 4.52. The second-order valence-electron chi connectivity index (χ2n) is 5.07. The highest BCUT2D eigenvalue weighted by Gasteiger charge is 2.15. The molecule has 21 heavy (non-hydrogen) atoms. The molecule has 0 fully saturated rings. The Balaban J connectivity index is 2.36. The van der Waals surface area contributed by atoms with Gasteiger partial charge in [-0.2, -0.15) is 5.10 Å². The molecule has 5 heteroatoms. The average Bonchev–Trinajstić information content (AvgIpc) is 2.71. The minimum atomic E-state index is -0.260. The molecule has 0 aliphatic heterocycles. The van der Waals surface area contributed by atoms with Crippen LogP contribution in [0.1, 0.15) is 28.9 Å². The highest BCUT2D eigenvalue weighted by atomic mass is 19.1. The molecule has 0 N–H and O–H groups in total. The van der Waals surface area contributed by atoms with E-state index in [1.54, 1.807) is 10.7 Å². The van der Waals surface area contributed by atoms with Gasteiger partial charge in [0.1, 0.15) is 5.82 Å². The van der Waals surface area contributed by atoms with Gasteiger partial charge in [-0.25, -0.2) is 9.07 Å². The molecule has 0 atom stereocenters. The molecule has 1 aromatic carbocycles. The van der Waals surface area contributed by atoms with Crippen molar-refractivity contribution in [2.45, 2.75) is 33.6 Å². The van der Waals surface area contributed by atoms with Gasteiger partial charge in [-0.15, -0.1) is 0 Å². The normalized spacial score (nSPS) is 10.7. The van der Waals surface area contributed by atoms with Crippen LogP contribution in [0.5, 0.6) is 0 Å². The maximum Gasteiger partial charge on any atom is 0.305 e. The fraction of sp³-hybridized carbons (Fsp3) is 0.375. The van der Waals surface area contributed by atoms with Gasteiger partial charge in [0.2, 0.25) is 0 Å². The Bertz CT molecular complexity index is 677. The summed E-state index contributed by atoms with van der Waals surface area (Å²) in [5.74, 6) is -0.497. The number of carbonyl (C=O) groups is 1. The highest BCUT2D eigenvalue weighted by molar-refractivity contribution is 5.69. The van der Waals surface area contributed by atoms with Crippen LogP contribution < -0.4 is 0 Å². The van der Waals surface area contributed by atoms with E-state index >= 15 is 0 Å². The topological polar surface area (TPSA) is 44.1 Å². The molecule has 2 rings (SSSR count). The van der Waals surface area contributed by atoms with Crippen LogP contribution in [-0.4, -0.2) is 22.9 Å². The van der Waals surface area contributed by atoms with Gasteiger partial charge in [0.15, 0.2) is 0 Å². The van der Waals surface area contributed by atoms with Crippen molar-refractivity contribution in [3.05, 3.63) is 46.5 Å². The van der Waals surface area contributed by atoms with Gasteiger partial charge in [0.25, 0.3) is 0 Å². The molecule has 0 saturated carbocycles. The van der Waals surface area contributed by atoms with Crippen LogP contribution >= 0.6 is 0 Å². The molecule has 1 heterocycles. The summed E-state index contributed by atoms with van der Waals surface area (Å²) < 4.78 is 19.7. The molecule has 0 aliphatic carbocycles. The molecule has 0 unspecified atom stereocenters. The first-order valence-corrected chi connectivity index (χ1v) is 6.82. The Kier molecular flexibility index (Phi) is 4.40. The van der Waals surface area contributed by atoms with Gasteiger partial charge < -0.3 is 4.74 Å². The zero-order chi connectivity index (χ0) is 15.6. The summed E-state index contributed by atoms with van der Waals surface area (Å²) in [6, 6.07) is 4.63. The van der Waals surface area contributed by atoms with Crippen molar-refractivity contribution in [2.24, 2.45) is 0 Å². The lowest BCUT2D eigenvalue weighted by Crippen LogP contribution is -2.04. The van der Waals surface area contributed by atoms with Crippen LogP contribution in [0.15, 0.2) is 18.2 Å². The van der Waals surface area contributed by atoms with E-state index < -0.39 is 0 Å². The van der Waals surface area contributed by atoms with Crippen LogP contribution in [-0.2, 0) is 16.0 Å². The third-order valence-electron chi connectivity index (χ3n) is 3.63. The number of aryl methyl sites for hydroxylation is 2. The number of rotatable bonds is 4. The standard InChI is InChI=1S/C16H19FN2O2/c1-10-9-13(17)5-7-15(10)19-12(3)14(11(2)18-19)6-8-16(20)21-4/h5,7,9H,6,8H2,1-4H3. The Morgan fingerprint density at radius 2 is 2.05 bits per heavy atom. The summed E-state index contributed by atoms with van der Waals surface area (Å²) in [4.78, 5) is 11.3. The maximum absolute atomic E-state index is 13.2. The molecule has 1 aromatic heterocycles. The van der Waals surface area contributed by atoms with Gasteiger partial charge >= 0.3 is 5.97 Å². The van der Waals surface area contributed by atoms with E-state index in [4.69, 9.17) is 0 Å². The van der Waals surface area contributed by atoms with E-state index in [2.05, 4.69) is 9.84 Å². The van der Waals surface area contributed by atoms with Crippen LogP contribution in [0.3, 0.4) is 0 Å². The highest BCUT2D eigenvalue weighted by Crippen LogP contribution is 2.22. The number of halogens is 1. The number of benzene rings is 1. The number of nitrogens with zero attached hydrogens (tertiary/aromatic N) is 2. The zero-order valence-corrected chi connectivity index (χ0v) is 12.7. The number of hydrogen-bond donors (Lipinski definition) is 0.